The summed E-state index contributed by atoms with van der Waals surface area (Å²) in [5.41, 5.74) is -2.67. The number of carbonyl (C=O) groups excluding carboxylic acids is 2. The molecule has 0 fully saturated rings. The molecule has 0 saturated carbocycles. The smallest absolute Gasteiger partial charge is 0.432 e. The lowest BCUT2D eigenvalue weighted by Crippen LogP contribution is -2.51. The van der Waals surface area contributed by atoms with E-state index in [1.54, 1.807) is 6.07 Å². The van der Waals surface area contributed by atoms with E-state index >= 15 is 0 Å². The van der Waals surface area contributed by atoms with Gasteiger partial charge in [0.15, 0.2) is 0 Å². The molecule has 0 spiro atoms. The Morgan fingerprint density at radius 3 is 1.87 bits per heavy atom. The van der Waals surface area contributed by atoms with E-state index in [9.17, 15) is 22.8 Å². The van der Waals surface area contributed by atoms with Gasteiger partial charge in [-0.05, 0) is 24.3 Å². The Morgan fingerprint density at radius 2 is 1.39 bits per heavy atom. The summed E-state index contributed by atoms with van der Waals surface area (Å²) in [6.07, 6.45) is -4.33. The predicted octanol–water partition coefficient (Wildman–Crippen LogP) is 4.76. The molecule has 0 bridgehead atoms. The van der Waals surface area contributed by atoms with Gasteiger partial charge in [0, 0.05) is 19.6 Å². The first kappa shape index (κ1) is 24.4. The SMILES string of the molecule is CO[C@](C(=O)OCC[C@H](CCOC(C)=O)c1ccccc1)(c1ccccc1)C(F)(F)F. The lowest BCUT2D eigenvalue weighted by Gasteiger charge is -2.32. The normalized spacial score (nSPS) is 14.4. The molecule has 2 aromatic rings. The van der Waals surface area contributed by atoms with Crippen LogP contribution in [0.1, 0.15) is 36.8 Å². The minimum Gasteiger partial charge on any atom is -0.466 e. The van der Waals surface area contributed by atoms with Gasteiger partial charge in [-0.15, -0.1) is 0 Å². The van der Waals surface area contributed by atoms with E-state index in [-0.39, 0.29) is 31.1 Å². The van der Waals surface area contributed by atoms with Gasteiger partial charge in [-0.25, -0.2) is 4.79 Å². The largest absolute Gasteiger partial charge is 0.466 e. The predicted molar refractivity (Wildman–Crippen MR) is 107 cm³/mol. The van der Waals surface area contributed by atoms with E-state index < -0.39 is 23.7 Å². The topological polar surface area (TPSA) is 61.8 Å². The van der Waals surface area contributed by atoms with Gasteiger partial charge >= 0.3 is 18.1 Å². The molecule has 31 heavy (non-hydrogen) atoms. The maximum atomic E-state index is 13.9. The molecule has 0 aliphatic rings. The van der Waals surface area contributed by atoms with Crippen LogP contribution in [0.3, 0.4) is 0 Å². The van der Waals surface area contributed by atoms with Crippen LogP contribution in [0.25, 0.3) is 0 Å². The van der Waals surface area contributed by atoms with Crippen molar-refractivity contribution in [3.8, 4) is 0 Å². The molecule has 5 nitrogen and oxygen atoms in total. The molecular weight excluding hydrogens is 413 g/mol. The van der Waals surface area contributed by atoms with E-state index in [0.29, 0.717) is 6.42 Å². The Balaban J connectivity index is 2.13. The molecule has 0 N–H and O–H groups in total. The van der Waals surface area contributed by atoms with E-state index in [1.807, 2.05) is 30.3 Å². The summed E-state index contributed by atoms with van der Waals surface area (Å²) in [6.45, 7) is 1.19. The minimum atomic E-state index is -5.02. The number of hydrogen-bond donors (Lipinski definition) is 0. The van der Waals surface area contributed by atoms with E-state index in [2.05, 4.69) is 0 Å². The second-order valence-electron chi connectivity index (χ2n) is 6.91. The Labute approximate surface area is 179 Å². The van der Waals surface area contributed by atoms with Gasteiger partial charge in [0.25, 0.3) is 5.60 Å². The van der Waals surface area contributed by atoms with Crippen molar-refractivity contribution >= 4 is 11.9 Å². The van der Waals surface area contributed by atoms with E-state index in [0.717, 1.165) is 12.7 Å². The highest BCUT2D eigenvalue weighted by molar-refractivity contribution is 5.82. The fourth-order valence-electron chi connectivity index (χ4n) is 3.33. The number of ether oxygens (including phenoxy) is 3. The lowest BCUT2D eigenvalue weighted by atomic mass is 9.92. The molecule has 8 heteroatoms. The third-order valence-corrected chi connectivity index (χ3v) is 4.92. The molecular formula is C23H25F3O5. The van der Waals surface area contributed by atoms with Crippen molar-refractivity contribution in [1.82, 2.24) is 0 Å². The second-order valence-corrected chi connectivity index (χ2v) is 6.91. The maximum Gasteiger partial charge on any atom is 0.432 e. The summed E-state index contributed by atoms with van der Waals surface area (Å²) < 4.78 is 56.6. The maximum absolute atomic E-state index is 13.9. The molecule has 0 saturated heterocycles. The molecule has 0 radical (unpaired) electrons. The molecule has 2 atom stereocenters. The molecule has 0 unspecified atom stereocenters. The summed E-state index contributed by atoms with van der Waals surface area (Å²) >= 11 is 0. The minimum absolute atomic E-state index is 0.150. The fraction of sp³-hybridized carbons (Fsp3) is 0.391. The first-order valence-corrected chi connectivity index (χ1v) is 9.75. The van der Waals surface area contributed by atoms with Crippen LogP contribution in [0, 0.1) is 0 Å². The Hall–Kier alpha value is -2.87. The van der Waals surface area contributed by atoms with Gasteiger partial charge in [0.1, 0.15) is 0 Å². The van der Waals surface area contributed by atoms with Crippen molar-refractivity contribution in [2.75, 3.05) is 20.3 Å². The van der Waals surface area contributed by atoms with Crippen molar-refractivity contribution in [1.29, 1.82) is 0 Å². The quantitative estimate of drug-likeness (QED) is 0.501. The fourth-order valence-corrected chi connectivity index (χ4v) is 3.33. The van der Waals surface area contributed by atoms with Crippen LogP contribution in [-0.4, -0.2) is 38.4 Å². The van der Waals surface area contributed by atoms with Crippen LogP contribution in [0.5, 0.6) is 0 Å². The number of rotatable bonds is 10. The lowest BCUT2D eigenvalue weighted by molar-refractivity contribution is -0.276. The van der Waals surface area contributed by atoms with Crippen molar-refractivity contribution < 1.29 is 37.0 Å². The summed E-state index contributed by atoms with van der Waals surface area (Å²) in [5.74, 6) is -2.12. The van der Waals surface area contributed by atoms with Gasteiger partial charge in [-0.1, -0.05) is 60.7 Å². The summed E-state index contributed by atoms with van der Waals surface area (Å²) in [6, 6.07) is 15.9. The monoisotopic (exact) mass is 438 g/mol. The van der Waals surface area contributed by atoms with E-state index in [1.165, 1.54) is 31.2 Å². The second kappa shape index (κ2) is 10.9. The Morgan fingerprint density at radius 1 is 0.871 bits per heavy atom. The Bertz CT molecular complexity index is 839. The van der Waals surface area contributed by atoms with Gasteiger partial charge in [-0.2, -0.15) is 13.2 Å². The van der Waals surface area contributed by atoms with Crippen LogP contribution in [0.15, 0.2) is 60.7 Å². The summed E-state index contributed by atoms with van der Waals surface area (Å²) in [7, 11) is 0.827. The zero-order chi connectivity index (χ0) is 22.9. The third kappa shape index (κ3) is 6.07. The first-order chi connectivity index (χ1) is 14.7. The van der Waals surface area contributed by atoms with Crippen LogP contribution in [0.2, 0.25) is 0 Å². The highest BCUT2D eigenvalue weighted by atomic mass is 19.4. The first-order valence-electron chi connectivity index (χ1n) is 9.75. The van der Waals surface area contributed by atoms with Crippen LogP contribution in [-0.2, 0) is 29.4 Å². The molecule has 0 heterocycles. The number of methoxy groups -OCH3 is 1. The van der Waals surface area contributed by atoms with Crippen molar-refractivity contribution in [3.05, 3.63) is 71.8 Å². The van der Waals surface area contributed by atoms with Crippen molar-refractivity contribution in [3.63, 3.8) is 0 Å². The number of alkyl halides is 3. The summed E-state index contributed by atoms with van der Waals surface area (Å²) in [5, 5.41) is 0. The van der Waals surface area contributed by atoms with Crippen LogP contribution >= 0.6 is 0 Å². The number of benzene rings is 2. The average Bonchev–Trinajstić information content (AvgIpc) is 2.73. The molecule has 0 aliphatic carbocycles. The number of esters is 2. The highest BCUT2D eigenvalue weighted by Gasteiger charge is 2.64. The van der Waals surface area contributed by atoms with Crippen molar-refractivity contribution in [2.45, 2.75) is 37.5 Å². The van der Waals surface area contributed by atoms with Crippen molar-refractivity contribution in [2.24, 2.45) is 0 Å². The van der Waals surface area contributed by atoms with Gasteiger partial charge in [0.05, 0.1) is 13.2 Å². The van der Waals surface area contributed by atoms with E-state index in [4.69, 9.17) is 14.2 Å². The number of carbonyl (C=O) groups is 2. The molecule has 2 aromatic carbocycles. The molecule has 2 rings (SSSR count). The van der Waals surface area contributed by atoms with Gasteiger partial charge < -0.3 is 14.2 Å². The van der Waals surface area contributed by atoms with Gasteiger partial charge in [0.2, 0.25) is 0 Å². The zero-order valence-electron chi connectivity index (χ0n) is 17.4. The number of hydrogen-bond acceptors (Lipinski definition) is 5. The van der Waals surface area contributed by atoms with Gasteiger partial charge in [-0.3, -0.25) is 4.79 Å². The molecule has 0 aromatic heterocycles. The summed E-state index contributed by atoms with van der Waals surface area (Å²) in [4.78, 5) is 23.7. The molecule has 0 aliphatic heterocycles. The zero-order valence-corrected chi connectivity index (χ0v) is 17.4. The van der Waals surface area contributed by atoms with Crippen LogP contribution < -0.4 is 0 Å². The molecule has 0 amide bonds. The number of halogens is 3. The Kier molecular flexibility index (Phi) is 8.62. The third-order valence-electron chi connectivity index (χ3n) is 4.92. The van der Waals surface area contributed by atoms with Crippen LogP contribution in [0.4, 0.5) is 13.2 Å². The molecule has 168 valence electrons. The highest BCUT2D eigenvalue weighted by Crippen LogP contribution is 2.43. The average molecular weight is 438 g/mol. The standard InChI is InChI=1S/C23H25F3O5/c1-17(27)30-15-13-19(18-9-5-3-6-10-18)14-16-31-21(28)22(29-2,23(24,25)26)20-11-7-4-8-12-20/h3-12,19H,13-16H2,1-2H3/t19-,22-/m0/s1.